The maximum atomic E-state index is 12.6. The van der Waals surface area contributed by atoms with Crippen LogP contribution in [0.25, 0.3) is 0 Å². The Morgan fingerprint density at radius 1 is 1.21 bits per heavy atom. The molecule has 6 nitrogen and oxygen atoms in total. The van der Waals surface area contributed by atoms with Crippen LogP contribution in [0.15, 0.2) is 5.03 Å². The fraction of sp³-hybridized carbons (Fsp3) is 0.714. The minimum atomic E-state index is -0.446. The SMILES string of the molecule is COC(=O)c1c(C)nc(C2CC2)nc1SCC(=O)NC(C)C1CC2CCC1C2. The second kappa shape index (κ2) is 8.01. The maximum absolute atomic E-state index is 12.6. The fourth-order valence-corrected chi connectivity index (χ4v) is 5.86. The van der Waals surface area contributed by atoms with Crippen LogP contribution in [-0.4, -0.2) is 40.7 Å². The first-order chi connectivity index (χ1) is 13.5. The van der Waals surface area contributed by atoms with Gasteiger partial charge in [-0.1, -0.05) is 18.2 Å². The summed E-state index contributed by atoms with van der Waals surface area (Å²) in [6.07, 6.45) is 7.44. The van der Waals surface area contributed by atoms with Crippen LogP contribution in [0.2, 0.25) is 0 Å². The normalized spacial score (nSPS) is 26.9. The lowest BCUT2D eigenvalue weighted by Crippen LogP contribution is -2.41. The first-order valence-electron chi connectivity index (χ1n) is 10.3. The molecule has 2 bridgehead atoms. The van der Waals surface area contributed by atoms with Gasteiger partial charge in [0.1, 0.15) is 16.4 Å². The van der Waals surface area contributed by atoms with Gasteiger partial charge in [0.15, 0.2) is 0 Å². The number of carbonyl (C=O) groups is 2. The zero-order chi connectivity index (χ0) is 19.8. The lowest BCUT2D eigenvalue weighted by molar-refractivity contribution is -0.119. The van der Waals surface area contributed by atoms with E-state index in [1.807, 2.05) is 0 Å². The van der Waals surface area contributed by atoms with Gasteiger partial charge in [-0.25, -0.2) is 14.8 Å². The molecule has 3 saturated carbocycles. The third-order valence-electron chi connectivity index (χ3n) is 6.57. The monoisotopic (exact) mass is 403 g/mol. The van der Waals surface area contributed by atoms with E-state index in [2.05, 4.69) is 22.2 Å². The zero-order valence-electron chi connectivity index (χ0n) is 16.9. The number of esters is 1. The molecule has 3 fully saturated rings. The highest BCUT2D eigenvalue weighted by Crippen LogP contribution is 2.49. The van der Waals surface area contributed by atoms with Crippen molar-refractivity contribution in [2.75, 3.05) is 12.9 Å². The van der Waals surface area contributed by atoms with Crippen molar-refractivity contribution < 1.29 is 14.3 Å². The molecule has 1 amide bonds. The highest BCUT2D eigenvalue weighted by atomic mass is 32.2. The van der Waals surface area contributed by atoms with Gasteiger partial charge >= 0.3 is 5.97 Å². The molecule has 0 spiro atoms. The third-order valence-corrected chi connectivity index (χ3v) is 7.55. The van der Waals surface area contributed by atoms with Crippen LogP contribution in [-0.2, 0) is 9.53 Å². The fourth-order valence-electron chi connectivity index (χ4n) is 4.98. The van der Waals surface area contributed by atoms with Crippen molar-refractivity contribution in [2.45, 2.75) is 69.4 Å². The zero-order valence-corrected chi connectivity index (χ0v) is 17.7. The summed E-state index contributed by atoms with van der Waals surface area (Å²) in [7, 11) is 1.36. The molecular weight excluding hydrogens is 374 g/mol. The molecule has 7 heteroatoms. The minimum absolute atomic E-state index is 0.000302. The highest BCUT2D eigenvalue weighted by Gasteiger charge is 2.42. The number of carbonyl (C=O) groups excluding carboxylic acids is 2. The lowest BCUT2D eigenvalue weighted by atomic mass is 9.84. The molecule has 4 atom stereocenters. The van der Waals surface area contributed by atoms with Gasteiger partial charge in [0.2, 0.25) is 5.91 Å². The standard InChI is InChI=1S/C21H29N3O3S/c1-11(16-9-13-4-5-15(16)8-13)22-17(25)10-28-20-18(21(26)27-3)12(2)23-19(24-20)14-6-7-14/h11,13-16H,4-10H2,1-3H3,(H,22,25). The Bertz CT molecular complexity index is 780. The number of aromatic nitrogens is 2. The first kappa shape index (κ1) is 19.7. The van der Waals surface area contributed by atoms with Gasteiger partial charge in [-0.3, -0.25) is 4.79 Å². The highest BCUT2D eigenvalue weighted by molar-refractivity contribution is 8.00. The van der Waals surface area contributed by atoms with E-state index < -0.39 is 5.97 Å². The molecule has 4 rings (SSSR count). The Morgan fingerprint density at radius 3 is 2.61 bits per heavy atom. The Balaban J connectivity index is 1.40. The van der Waals surface area contributed by atoms with Crippen molar-refractivity contribution in [1.82, 2.24) is 15.3 Å². The summed E-state index contributed by atoms with van der Waals surface area (Å²) >= 11 is 1.31. The van der Waals surface area contributed by atoms with E-state index in [9.17, 15) is 9.59 Å². The van der Waals surface area contributed by atoms with Crippen molar-refractivity contribution in [2.24, 2.45) is 17.8 Å². The number of nitrogens with zero attached hydrogens (tertiary/aromatic N) is 2. The summed E-state index contributed by atoms with van der Waals surface area (Å²) in [6.45, 7) is 3.94. The second-order valence-electron chi connectivity index (χ2n) is 8.60. The van der Waals surface area contributed by atoms with E-state index in [4.69, 9.17) is 4.74 Å². The molecule has 1 N–H and O–H groups in total. The average Bonchev–Trinajstić information content (AvgIpc) is 3.31. The number of hydrogen-bond acceptors (Lipinski definition) is 6. The Morgan fingerprint density at radius 2 is 2.00 bits per heavy atom. The number of rotatable bonds is 7. The van der Waals surface area contributed by atoms with Crippen LogP contribution in [0.1, 0.15) is 73.2 Å². The van der Waals surface area contributed by atoms with Crippen molar-refractivity contribution in [3.63, 3.8) is 0 Å². The van der Waals surface area contributed by atoms with Crippen LogP contribution in [0.3, 0.4) is 0 Å². The summed E-state index contributed by atoms with van der Waals surface area (Å²) in [4.78, 5) is 33.9. The van der Waals surface area contributed by atoms with Crippen LogP contribution in [0.4, 0.5) is 0 Å². The van der Waals surface area contributed by atoms with E-state index in [-0.39, 0.29) is 17.7 Å². The number of nitrogens with one attached hydrogen (secondary N) is 1. The number of amides is 1. The lowest BCUT2D eigenvalue weighted by Gasteiger charge is -2.28. The summed E-state index contributed by atoms with van der Waals surface area (Å²) in [5.41, 5.74) is 1.01. The number of hydrogen-bond donors (Lipinski definition) is 1. The van der Waals surface area contributed by atoms with Crippen LogP contribution < -0.4 is 5.32 Å². The van der Waals surface area contributed by atoms with Gasteiger partial charge in [0.05, 0.1) is 18.6 Å². The first-order valence-corrected chi connectivity index (χ1v) is 11.3. The quantitative estimate of drug-likeness (QED) is 0.426. The van der Waals surface area contributed by atoms with E-state index in [1.165, 1.54) is 44.6 Å². The van der Waals surface area contributed by atoms with E-state index in [0.29, 0.717) is 28.1 Å². The van der Waals surface area contributed by atoms with Crippen molar-refractivity contribution in [3.8, 4) is 0 Å². The van der Waals surface area contributed by atoms with Crippen LogP contribution in [0.5, 0.6) is 0 Å². The minimum Gasteiger partial charge on any atom is -0.465 e. The Hall–Kier alpha value is -1.63. The second-order valence-corrected chi connectivity index (χ2v) is 9.56. The van der Waals surface area contributed by atoms with E-state index in [0.717, 1.165) is 30.5 Å². The molecule has 28 heavy (non-hydrogen) atoms. The molecule has 4 unspecified atom stereocenters. The molecular formula is C21H29N3O3S. The molecule has 0 aliphatic heterocycles. The van der Waals surface area contributed by atoms with Gasteiger partial charge in [0.25, 0.3) is 0 Å². The molecule has 1 aromatic heterocycles. The Kier molecular flexibility index (Phi) is 5.63. The number of aryl methyl sites for hydroxylation is 1. The summed E-state index contributed by atoms with van der Waals surface area (Å²) < 4.78 is 4.91. The summed E-state index contributed by atoms with van der Waals surface area (Å²) in [5, 5.41) is 3.74. The van der Waals surface area contributed by atoms with Crippen LogP contribution >= 0.6 is 11.8 Å². The molecule has 0 aromatic carbocycles. The Labute approximate surface area is 170 Å². The third kappa shape index (κ3) is 4.04. The number of methoxy groups -OCH3 is 1. The number of ether oxygens (including phenoxy) is 1. The summed E-state index contributed by atoms with van der Waals surface area (Å²) in [6, 6.07) is 0.206. The average molecular weight is 404 g/mol. The molecule has 3 aliphatic carbocycles. The molecule has 0 radical (unpaired) electrons. The van der Waals surface area contributed by atoms with Gasteiger partial charge in [0, 0.05) is 12.0 Å². The molecule has 3 aliphatic rings. The van der Waals surface area contributed by atoms with Crippen molar-refractivity contribution in [3.05, 3.63) is 17.1 Å². The molecule has 1 heterocycles. The molecule has 0 saturated heterocycles. The predicted octanol–water partition coefficient (Wildman–Crippen LogP) is 3.48. The predicted molar refractivity (Wildman–Crippen MR) is 107 cm³/mol. The molecule has 1 aromatic rings. The van der Waals surface area contributed by atoms with Gasteiger partial charge < -0.3 is 10.1 Å². The number of thioether (sulfide) groups is 1. The van der Waals surface area contributed by atoms with Crippen molar-refractivity contribution >= 4 is 23.6 Å². The summed E-state index contributed by atoms with van der Waals surface area (Å²) in [5.74, 6) is 3.23. The van der Waals surface area contributed by atoms with E-state index >= 15 is 0 Å². The van der Waals surface area contributed by atoms with Crippen LogP contribution in [0, 0.1) is 24.7 Å². The number of fused-ring (bicyclic) bond motifs is 2. The van der Waals surface area contributed by atoms with Gasteiger partial charge in [-0.2, -0.15) is 0 Å². The van der Waals surface area contributed by atoms with Crippen molar-refractivity contribution in [1.29, 1.82) is 0 Å². The largest absolute Gasteiger partial charge is 0.465 e. The molecule has 152 valence electrons. The smallest absolute Gasteiger partial charge is 0.342 e. The maximum Gasteiger partial charge on any atom is 0.342 e. The topological polar surface area (TPSA) is 81.2 Å². The van der Waals surface area contributed by atoms with E-state index in [1.54, 1.807) is 6.92 Å². The van der Waals surface area contributed by atoms with Gasteiger partial charge in [-0.15, -0.1) is 0 Å². The van der Waals surface area contributed by atoms with Gasteiger partial charge in [-0.05, 0) is 63.7 Å².